The van der Waals surface area contributed by atoms with E-state index in [0.29, 0.717) is 10.2 Å². The van der Waals surface area contributed by atoms with Crippen molar-refractivity contribution < 1.29 is 9.53 Å². The van der Waals surface area contributed by atoms with E-state index in [1.54, 1.807) is 7.11 Å². The molecule has 0 aliphatic heterocycles. The fraction of sp³-hybridized carbons (Fsp3) is 0.381. The lowest BCUT2D eigenvalue weighted by Crippen LogP contribution is -2.46. The van der Waals surface area contributed by atoms with E-state index >= 15 is 0 Å². The largest absolute Gasteiger partial charge is 0.497 e. The van der Waals surface area contributed by atoms with Gasteiger partial charge in [-0.05, 0) is 43.5 Å². The summed E-state index contributed by atoms with van der Waals surface area (Å²) in [6.07, 6.45) is 5.37. The first kappa shape index (κ1) is 18.7. The molecule has 1 saturated carbocycles. The molecule has 4 rings (SSSR count). The van der Waals surface area contributed by atoms with Crippen LogP contribution < -0.4 is 15.6 Å². The van der Waals surface area contributed by atoms with Crippen LogP contribution in [0.2, 0.25) is 0 Å². The zero-order valence-corrected chi connectivity index (χ0v) is 16.8. The van der Waals surface area contributed by atoms with Crippen molar-refractivity contribution in [3.63, 3.8) is 0 Å². The van der Waals surface area contributed by atoms with Gasteiger partial charge >= 0.3 is 0 Å². The number of nitrogens with one attached hydrogen (secondary N) is 1. The molecule has 1 amide bonds. The van der Waals surface area contributed by atoms with Crippen molar-refractivity contribution in [2.24, 2.45) is 0 Å². The number of hydrogen-bond acceptors (Lipinski definition) is 5. The average molecular weight is 398 g/mol. The number of aromatic nitrogens is 2. The summed E-state index contributed by atoms with van der Waals surface area (Å²) in [6, 6.07) is 9.70. The summed E-state index contributed by atoms with van der Waals surface area (Å²) in [5.74, 6) is 0.619. The summed E-state index contributed by atoms with van der Waals surface area (Å²) in [5.41, 5.74) is 0.520. The lowest BCUT2D eigenvalue weighted by Gasteiger charge is -2.31. The number of amides is 1. The molecule has 0 saturated heterocycles. The van der Waals surface area contributed by atoms with E-state index in [1.165, 1.54) is 22.2 Å². The van der Waals surface area contributed by atoms with Crippen LogP contribution in [0.3, 0.4) is 0 Å². The highest BCUT2D eigenvalue weighted by atomic mass is 32.1. The number of ether oxygens (including phenoxy) is 1. The number of benzene rings is 1. The molecule has 2 heterocycles. The van der Waals surface area contributed by atoms with E-state index < -0.39 is 0 Å². The summed E-state index contributed by atoms with van der Waals surface area (Å²) in [5, 5.41) is 3.78. The van der Waals surface area contributed by atoms with E-state index in [-0.39, 0.29) is 23.6 Å². The van der Waals surface area contributed by atoms with Crippen LogP contribution in [-0.4, -0.2) is 22.6 Å². The van der Waals surface area contributed by atoms with E-state index in [2.05, 4.69) is 10.3 Å². The van der Waals surface area contributed by atoms with Gasteiger partial charge in [-0.1, -0.05) is 25.0 Å². The van der Waals surface area contributed by atoms with Crippen molar-refractivity contribution in [3.05, 3.63) is 57.5 Å². The molecule has 1 N–H and O–H groups in total. The van der Waals surface area contributed by atoms with Gasteiger partial charge in [0.05, 0.1) is 24.4 Å². The number of hydrogen-bond donors (Lipinski definition) is 1. The second-order valence-electron chi connectivity index (χ2n) is 7.32. The Kier molecular flexibility index (Phi) is 4.93. The fourth-order valence-electron chi connectivity index (χ4n) is 4.03. The summed E-state index contributed by atoms with van der Waals surface area (Å²) in [7, 11) is 1.64. The van der Waals surface area contributed by atoms with Crippen LogP contribution in [0.15, 0.2) is 41.5 Å². The van der Waals surface area contributed by atoms with E-state index in [1.807, 2.05) is 37.3 Å². The van der Waals surface area contributed by atoms with Gasteiger partial charge in [0.2, 0.25) is 5.91 Å². The molecular formula is C21H23N3O3S. The van der Waals surface area contributed by atoms with Gasteiger partial charge in [0.1, 0.15) is 17.1 Å². The van der Waals surface area contributed by atoms with Gasteiger partial charge in [-0.15, -0.1) is 11.3 Å². The van der Waals surface area contributed by atoms with Gasteiger partial charge in [0.25, 0.3) is 5.56 Å². The molecule has 1 aliphatic carbocycles. The third kappa shape index (κ3) is 3.42. The Balaban J connectivity index is 1.57. The number of rotatable bonds is 5. The zero-order valence-electron chi connectivity index (χ0n) is 16.0. The van der Waals surface area contributed by atoms with Gasteiger partial charge < -0.3 is 10.1 Å². The lowest BCUT2D eigenvalue weighted by molar-refractivity contribution is -0.123. The quantitative estimate of drug-likeness (QED) is 0.716. The van der Waals surface area contributed by atoms with Crippen LogP contribution in [-0.2, 0) is 16.9 Å². The van der Waals surface area contributed by atoms with Crippen molar-refractivity contribution in [1.82, 2.24) is 14.9 Å². The molecule has 0 bridgehead atoms. The Bertz CT molecular complexity index is 1060. The number of carbonyl (C=O) groups excluding carboxylic acids is 1. The maximum absolute atomic E-state index is 12.8. The molecule has 3 aromatic rings. The molecular weight excluding hydrogens is 374 g/mol. The molecule has 0 radical (unpaired) electrons. The first-order valence-corrected chi connectivity index (χ1v) is 10.2. The fourth-order valence-corrected chi connectivity index (χ4v) is 4.87. The van der Waals surface area contributed by atoms with Gasteiger partial charge in [-0.2, -0.15) is 0 Å². The molecule has 0 atom stereocenters. The minimum Gasteiger partial charge on any atom is -0.497 e. The molecule has 2 aromatic heterocycles. The Morgan fingerprint density at radius 2 is 2.00 bits per heavy atom. The van der Waals surface area contributed by atoms with Gasteiger partial charge in [-0.3, -0.25) is 14.2 Å². The van der Waals surface area contributed by atoms with Crippen molar-refractivity contribution >= 4 is 27.5 Å². The van der Waals surface area contributed by atoms with E-state index in [0.717, 1.165) is 41.9 Å². The van der Waals surface area contributed by atoms with Crippen LogP contribution in [0, 0.1) is 6.92 Å². The van der Waals surface area contributed by atoms with Crippen LogP contribution in [0.5, 0.6) is 5.75 Å². The van der Waals surface area contributed by atoms with Gasteiger partial charge in [0.15, 0.2) is 0 Å². The number of thiophene rings is 1. The maximum atomic E-state index is 12.8. The SMILES string of the molecule is COc1ccc(C2(NC(=O)Cn3cnc4sc(C)cc4c3=O)CCCC2)cc1. The summed E-state index contributed by atoms with van der Waals surface area (Å²) in [4.78, 5) is 31.6. The Labute approximate surface area is 167 Å². The van der Waals surface area contributed by atoms with E-state index in [9.17, 15) is 9.59 Å². The normalized spacial score (nSPS) is 15.6. The van der Waals surface area contributed by atoms with Gasteiger partial charge in [-0.25, -0.2) is 4.98 Å². The van der Waals surface area contributed by atoms with Gasteiger partial charge in [0, 0.05) is 4.88 Å². The van der Waals surface area contributed by atoms with Crippen molar-refractivity contribution in [1.29, 1.82) is 0 Å². The third-order valence-electron chi connectivity index (χ3n) is 5.43. The van der Waals surface area contributed by atoms with Crippen LogP contribution in [0.25, 0.3) is 10.2 Å². The minimum absolute atomic E-state index is 0.0332. The molecule has 146 valence electrons. The molecule has 1 aliphatic rings. The topological polar surface area (TPSA) is 73.2 Å². The number of carbonyl (C=O) groups is 1. The number of aryl methyl sites for hydroxylation is 1. The molecule has 1 fully saturated rings. The van der Waals surface area contributed by atoms with Crippen molar-refractivity contribution in [3.8, 4) is 5.75 Å². The van der Waals surface area contributed by atoms with Crippen LogP contribution in [0.4, 0.5) is 0 Å². The predicted octanol–water partition coefficient (Wildman–Crippen LogP) is 3.36. The van der Waals surface area contributed by atoms with Crippen LogP contribution >= 0.6 is 11.3 Å². The number of fused-ring (bicyclic) bond motifs is 1. The molecule has 6 nitrogen and oxygen atoms in total. The highest BCUT2D eigenvalue weighted by Gasteiger charge is 2.37. The monoisotopic (exact) mass is 397 g/mol. The highest BCUT2D eigenvalue weighted by Crippen LogP contribution is 2.39. The van der Waals surface area contributed by atoms with Crippen molar-refractivity contribution in [2.45, 2.75) is 44.7 Å². The molecule has 0 unspecified atom stereocenters. The summed E-state index contributed by atoms with van der Waals surface area (Å²) < 4.78 is 6.63. The molecule has 28 heavy (non-hydrogen) atoms. The number of nitrogens with zero attached hydrogens (tertiary/aromatic N) is 2. The van der Waals surface area contributed by atoms with Crippen LogP contribution in [0.1, 0.15) is 36.1 Å². The first-order valence-electron chi connectivity index (χ1n) is 9.42. The predicted molar refractivity (Wildman–Crippen MR) is 110 cm³/mol. The Morgan fingerprint density at radius 3 is 2.68 bits per heavy atom. The molecule has 7 heteroatoms. The summed E-state index contributed by atoms with van der Waals surface area (Å²) >= 11 is 1.48. The second kappa shape index (κ2) is 7.39. The number of methoxy groups -OCH3 is 1. The molecule has 0 spiro atoms. The minimum atomic E-state index is -0.385. The Morgan fingerprint density at radius 1 is 1.29 bits per heavy atom. The maximum Gasteiger partial charge on any atom is 0.262 e. The first-order chi connectivity index (χ1) is 13.5. The smallest absolute Gasteiger partial charge is 0.262 e. The Hall–Kier alpha value is -2.67. The molecule has 1 aromatic carbocycles. The standard InChI is InChI=1S/C21H23N3O3S/c1-14-11-17-19(28-14)22-13-24(20(17)26)12-18(25)23-21(9-3-4-10-21)15-5-7-16(27-2)8-6-15/h5-8,11,13H,3-4,9-10,12H2,1-2H3,(H,23,25). The second-order valence-corrected chi connectivity index (χ2v) is 8.55. The lowest BCUT2D eigenvalue weighted by atomic mass is 9.88. The summed E-state index contributed by atoms with van der Waals surface area (Å²) in [6.45, 7) is 1.91. The van der Waals surface area contributed by atoms with Crippen molar-refractivity contribution in [2.75, 3.05) is 7.11 Å². The average Bonchev–Trinajstić information content (AvgIpc) is 3.31. The van der Waals surface area contributed by atoms with E-state index in [4.69, 9.17) is 4.74 Å². The third-order valence-corrected chi connectivity index (χ3v) is 6.39. The highest BCUT2D eigenvalue weighted by molar-refractivity contribution is 7.18. The zero-order chi connectivity index (χ0) is 19.7.